The zero-order valence-corrected chi connectivity index (χ0v) is 15.4. The molecule has 8 heteroatoms. The summed E-state index contributed by atoms with van der Waals surface area (Å²) in [5.74, 6) is -0.0439. The normalized spacial score (nSPS) is 12.0. The monoisotopic (exact) mass is 392 g/mol. The number of pyridine rings is 1. The maximum atomic E-state index is 11.3. The first-order valence-corrected chi connectivity index (χ1v) is 9.89. The van der Waals surface area contributed by atoms with Crippen molar-refractivity contribution in [2.75, 3.05) is 0 Å². The predicted octanol–water partition coefficient (Wildman–Crippen LogP) is 3.33. The molecule has 2 heterocycles. The molecule has 140 valence electrons. The number of nitrogens with zero attached hydrogens (tertiary/aromatic N) is 2. The van der Waals surface area contributed by atoms with E-state index in [0.717, 1.165) is 16.5 Å². The lowest BCUT2D eigenvalue weighted by molar-refractivity contribution is 0.457. The number of aliphatic imine (C=N–C) groups is 1. The van der Waals surface area contributed by atoms with Crippen LogP contribution in [0.25, 0.3) is 22.2 Å². The van der Waals surface area contributed by atoms with Gasteiger partial charge in [0.15, 0.2) is 5.88 Å². The average molecular weight is 392 g/mol. The number of nitrogens with two attached hydrogens (primary N) is 1. The second-order valence-electron chi connectivity index (χ2n) is 6.17. The van der Waals surface area contributed by atoms with E-state index in [9.17, 15) is 13.5 Å². The van der Waals surface area contributed by atoms with Crippen LogP contribution in [0.5, 0.6) is 5.88 Å². The summed E-state index contributed by atoms with van der Waals surface area (Å²) in [7, 11) is -3.75. The zero-order chi connectivity index (χ0) is 19.7. The van der Waals surface area contributed by atoms with Crippen LogP contribution in [0.2, 0.25) is 0 Å². The number of aromatic nitrogens is 2. The number of H-pyrrole nitrogens is 1. The van der Waals surface area contributed by atoms with Crippen molar-refractivity contribution in [2.45, 2.75) is 4.90 Å². The lowest BCUT2D eigenvalue weighted by Crippen LogP contribution is -2.11. The zero-order valence-electron chi connectivity index (χ0n) is 14.6. The van der Waals surface area contributed by atoms with Crippen LogP contribution in [-0.4, -0.2) is 29.7 Å². The molecule has 0 saturated heterocycles. The van der Waals surface area contributed by atoms with Gasteiger partial charge in [0.1, 0.15) is 5.65 Å². The number of nitrogens with one attached hydrogen (secondary N) is 1. The van der Waals surface area contributed by atoms with Crippen molar-refractivity contribution in [1.29, 1.82) is 0 Å². The van der Waals surface area contributed by atoms with Crippen LogP contribution in [0.4, 0.5) is 5.69 Å². The molecule has 0 aliphatic heterocycles. The van der Waals surface area contributed by atoms with Gasteiger partial charge in [0.2, 0.25) is 10.0 Å². The average Bonchev–Trinajstić information content (AvgIpc) is 3.01. The Morgan fingerprint density at radius 3 is 2.43 bits per heavy atom. The molecular weight excluding hydrogens is 376 g/mol. The molecule has 4 aromatic rings. The van der Waals surface area contributed by atoms with Crippen molar-refractivity contribution >= 4 is 33.0 Å². The van der Waals surface area contributed by atoms with Crippen LogP contribution in [0.1, 0.15) is 5.56 Å². The molecule has 7 nitrogen and oxygen atoms in total. The molecule has 0 atom stereocenters. The number of primary sulfonamides is 1. The molecule has 0 aliphatic carbocycles. The quantitative estimate of drug-likeness (QED) is 0.461. The fraction of sp³-hybridized carbons (Fsp3) is 0. The molecule has 0 spiro atoms. The van der Waals surface area contributed by atoms with E-state index in [0.29, 0.717) is 16.9 Å². The lowest BCUT2D eigenvalue weighted by atomic mass is 10.1. The van der Waals surface area contributed by atoms with Gasteiger partial charge in [-0.1, -0.05) is 30.3 Å². The number of rotatable bonds is 4. The third-order valence-electron chi connectivity index (χ3n) is 4.28. The summed E-state index contributed by atoms with van der Waals surface area (Å²) >= 11 is 0. The minimum absolute atomic E-state index is 0.0121. The summed E-state index contributed by atoms with van der Waals surface area (Å²) in [6.07, 6.45) is 3.25. The van der Waals surface area contributed by atoms with Crippen molar-refractivity contribution in [3.63, 3.8) is 0 Å². The van der Waals surface area contributed by atoms with Gasteiger partial charge in [-0.25, -0.2) is 18.5 Å². The highest BCUT2D eigenvalue weighted by atomic mass is 32.2. The number of fused-ring (bicyclic) bond motifs is 1. The Bertz CT molecular complexity index is 1280. The Hall–Kier alpha value is -3.49. The van der Waals surface area contributed by atoms with Crippen LogP contribution >= 0.6 is 0 Å². The third kappa shape index (κ3) is 3.51. The van der Waals surface area contributed by atoms with Crippen LogP contribution in [0.15, 0.2) is 76.7 Å². The van der Waals surface area contributed by atoms with Crippen molar-refractivity contribution in [3.05, 3.63) is 72.4 Å². The van der Waals surface area contributed by atoms with Crippen LogP contribution in [-0.2, 0) is 10.0 Å². The number of aromatic hydroxyl groups is 1. The van der Waals surface area contributed by atoms with Gasteiger partial charge >= 0.3 is 0 Å². The van der Waals surface area contributed by atoms with Crippen molar-refractivity contribution in [1.82, 2.24) is 9.97 Å². The highest BCUT2D eigenvalue weighted by molar-refractivity contribution is 7.89. The van der Waals surface area contributed by atoms with Crippen molar-refractivity contribution < 1.29 is 13.5 Å². The molecule has 4 rings (SSSR count). The maximum absolute atomic E-state index is 11.3. The van der Waals surface area contributed by atoms with Gasteiger partial charge < -0.3 is 10.1 Å². The maximum Gasteiger partial charge on any atom is 0.238 e. The van der Waals surface area contributed by atoms with Crippen LogP contribution in [0, 0.1) is 0 Å². The van der Waals surface area contributed by atoms with Gasteiger partial charge in [0.05, 0.1) is 16.1 Å². The number of hydrogen-bond acceptors (Lipinski definition) is 5. The Morgan fingerprint density at radius 2 is 1.75 bits per heavy atom. The summed E-state index contributed by atoms with van der Waals surface area (Å²) in [5, 5.41) is 16.1. The highest BCUT2D eigenvalue weighted by Gasteiger charge is 2.12. The first kappa shape index (κ1) is 17.9. The van der Waals surface area contributed by atoms with Crippen LogP contribution in [0.3, 0.4) is 0 Å². The van der Waals surface area contributed by atoms with Gasteiger partial charge in [-0.15, -0.1) is 0 Å². The summed E-state index contributed by atoms with van der Waals surface area (Å²) < 4.78 is 22.6. The highest BCUT2D eigenvalue weighted by Crippen LogP contribution is 2.29. The second kappa shape index (κ2) is 6.91. The largest absolute Gasteiger partial charge is 0.494 e. The number of sulfonamides is 1. The number of aromatic amines is 1. The first-order chi connectivity index (χ1) is 13.4. The van der Waals surface area contributed by atoms with E-state index in [1.807, 2.05) is 36.4 Å². The van der Waals surface area contributed by atoms with E-state index in [1.54, 1.807) is 6.20 Å². The molecule has 0 radical (unpaired) electrons. The molecule has 0 bridgehead atoms. The first-order valence-electron chi connectivity index (χ1n) is 8.35. The third-order valence-corrected chi connectivity index (χ3v) is 5.21. The lowest BCUT2D eigenvalue weighted by Gasteiger charge is -2.01. The topological polar surface area (TPSA) is 121 Å². The number of benzene rings is 2. The molecule has 0 unspecified atom stereocenters. The van der Waals surface area contributed by atoms with Crippen molar-refractivity contribution in [3.8, 4) is 17.0 Å². The van der Waals surface area contributed by atoms with Crippen LogP contribution < -0.4 is 5.14 Å². The molecule has 0 saturated carbocycles. The van der Waals surface area contributed by atoms with Gasteiger partial charge in [0, 0.05) is 23.4 Å². The SMILES string of the molecule is NS(=O)(=O)c1ccc(N=Cc2c(O)[nH]c3ncc(-c4ccccc4)cc23)cc1. The molecule has 0 amide bonds. The van der Waals surface area contributed by atoms with Gasteiger partial charge in [-0.2, -0.15) is 0 Å². The smallest absolute Gasteiger partial charge is 0.238 e. The fourth-order valence-corrected chi connectivity index (χ4v) is 3.37. The van der Waals surface area contributed by atoms with E-state index in [-0.39, 0.29) is 10.8 Å². The molecule has 0 aliphatic rings. The van der Waals surface area contributed by atoms with E-state index in [1.165, 1.54) is 30.5 Å². The minimum Gasteiger partial charge on any atom is -0.494 e. The minimum atomic E-state index is -3.75. The van der Waals surface area contributed by atoms with E-state index < -0.39 is 10.0 Å². The fourth-order valence-electron chi connectivity index (χ4n) is 2.86. The Balaban J connectivity index is 1.72. The Kier molecular flexibility index (Phi) is 4.42. The Morgan fingerprint density at radius 1 is 1.04 bits per heavy atom. The van der Waals surface area contributed by atoms with Gasteiger partial charge in [-0.3, -0.25) is 4.99 Å². The molecule has 4 N–H and O–H groups in total. The second-order valence-corrected chi connectivity index (χ2v) is 7.73. The van der Waals surface area contributed by atoms with Gasteiger partial charge in [0.25, 0.3) is 0 Å². The Labute approximate surface area is 161 Å². The predicted molar refractivity (Wildman–Crippen MR) is 108 cm³/mol. The van der Waals surface area contributed by atoms with E-state index >= 15 is 0 Å². The molecular formula is C20H16N4O3S. The number of hydrogen-bond donors (Lipinski definition) is 3. The van der Waals surface area contributed by atoms with Gasteiger partial charge in [-0.05, 0) is 35.9 Å². The molecule has 0 fully saturated rings. The van der Waals surface area contributed by atoms with Crippen molar-refractivity contribution in [2.24, 2.45) is 10.1 Å². The molecule has 2 aromatic heterocycles. The van der Waals surface area contributed by atoms with E-state index in [4.69, 9.17) is 5.14 Å². The summed E-state index contributed by atoms with van der Waals surface area (Å²) in [4.78, 5) is 11.5. The summed E-state index contributed by atoms with van der Waals surface area (Å²) in [6, 6.07) is 17.6. The standard InChI is InChI=1S/C20H16N4O3S/c21-28(26,27)16-8-6-15(7-9-16)22-12-18-17-10-14(13-4-2-1-3-5-13)11-23-19(17)24-20(18)25/h1-12,25H,(H,23,24)(H2,21,26,27). The molecule has 28 heavy (non-hydrogen) atoms. The van der Waals surface area contributed by atoms with E-state index in [2.05, 4.69) is 15.0 Å². The molecule has 2 aromatic carbocycles. The summed E-state index contributed by atoms with van der Waals surface area (Å²) in [5.41, 5.74) is 3.49. The summed E-state index contributed by atoms with van der Waals surface area (Å²) in [6.45, 7) is 0.